The van der Waals surface area contributed by atoms with Gasteiger partial charge in [0, 0.05) is 11.8 Å². The van der Waals surface area contributed by atoms with Crippen molar-refractivity contribution in [1.82, 2.24) is 19.7 Å². The first kappa shape index (κ1) is 14.9. The maximum absolute atomic E-state index is 12.0. The molecule has 0 saturated heterocycles. The number of nitrogens with zero attached hydrogens (tertiary/aromatic N) is 4. The molecule has 0 radical (unpaired) electrons. The lowest BCUT2D eigenvalue weighted by Gasteiger charge is -2.13. The zero-order valence-electron chi connectivity index (χ0n) is 12.4. The van der Waals surface area contributed by atoms with Gasteiger partial charge in [0.15, 0.2) is 0 Å². The zero-order chi connectivity index (χ0) is 16.4. The molecule has 1 aliphatic heterocycles. The summed E-state index contributed by atoms with van der Waals surface area (Å²) in [5, 5.41) is 16.0. The molecule has 0 atom stereocenters. The second-order valence-corrected chi connectivity index (χ2v) is 4.98. The predicted octanol–water partition coefficient (Wildman–Crippen LogP) is 0.233. The van der Waals surface area contributed by atoms with Crippen LogP contribution in [0.25, 0.3) is 5.69 Å². The van der Waals surface area contributed by atoms with Gasteiger partial charge in [0.1, 0.15) is 17.8 Å². The minimum absolute atomic E-state index is 0.00999. The molecule has 0 fully saturated rings. The van der Waals surface area contributed by atoms with Crippen LogP contribution in [0.1, 0.15) is 5.82 Å². The standard InChI is InChI=1S/C15H15N5O3/c1-10-16-9-20(18-10)12-4-2-11(3-5-12)17-13-8-14(22)19(6-7-21)15(13)23/h2-5,8-9,17,21H,6-7H2,1H3. The van der Waals surface area contributed by atoms with Crippen LogP contribution in [-0.4, -0.2) is 49.7 Å². The van der Waals surface area contributed by atoms with Crippen LogP contribution in [0.2, 0.25) is 0 Å². The van der Waals surface area contributed by atoms with E-state index in [0.717, 1.165) is 10.6 Å². The van der Waals surface area contributed by atoms with E-state index in [0.29, 0.717) is 11.5 Å². The lowest BCUT2D eigenvalue weighted by molar-refractivity contribution is -0.137. The Balaban J connectivity index is 1.73. The highest BCUT2D eigenvalue weighted by Crippen LogP contribution is 2.18. The fourth-order valence-electron chi connectivity index (χ4n) is 2.23. The van der Waals surface area contributed by atoms with Crippen molar-refractivity contribution in [3.8, 4) is 5.69 Å². The van der Waals surface area contributed by atoms with Crippen LogP contribution in [0.4, 0.5) is 5.69 Å². The predicted molar refractivity (Wildman–Crippen MR) is 81.6 cm³/mol. The van der Waals surface area contributed by atoms with E-state index >= 15 is 0 Å². The molecule has 0 bridgehead atoms. The highest BCUT2D eigenvalue weighted by Gasteiger charge is 2.30. The van der Waals surface area contributed by atoms with Gasteiger partial charge >= 0.3 is 0 Å². The van der Waals surface area contributed by atoms with Crippen molar-refractivity contribution in [2.75, 3.05) is 18.5 Å². The topological polar surface area (TPSA) is 100 Å². The summed E-state index contributed by atoms with van der Waals surface area (Å²) in [4.78, 5) is 28.8. The van der Waals surface area contributed by atoms with Gasteiger partial charge < -0.3 is 10.4 Å². The molecule has 2 aromatic rings. The van der Waals surface area contributed by atoms with Crippen LogP contribution in [-0.2, 0) is 9.59 Å². The van der Waals surface area contributed by atoms with Crippen molar-refractivity contribution < 1.29 is 14.7 Å². The van der Waals surface area contributed by atoms with Crippen molar-refractivity contribution >= 4 is 17.5 Å². The molecule has 8 nitrogen and oxygen atoms in total. The number of rotatable bonds is 5. The average Bonchev–Trinajstić information content (AvgIpc) is 3.08. The first-order valence-corrected chi connectivity index (χ1v) is 7.02. The van der Waals surface area contributed by atoms with Gasteiger partial charge in [-0.05, 0) is 31.2 Å². The lowest BCUT2D eigenvalue weighted by Crippen LogP contribution is -2.34. The largest absolute Gasteiger partial charge is 0.395 e. The maximum atomic E-state index is 12.0. The Hall–Kier alpha value is -3.00. The molecule has 2 heterocycles. The quantitative estimate of drug-likeness (QED) is 0.767. The lowest BCUT2D eigenvalue weighted by atomic mass is 10.2. The first-order chi connectivity index (χ1) is 11.1. The fraction of sp³-hybridized carbons (Fsp3) is 0.200. The summed E-state index contributed by atoms with van der Waals surface area (Å²) in [6, 6.07) is 7.20. The van der Waals surface area contributed by atoms with Gasteiger partial charge in [0.25, 0.3) is 11.8 Å². The second-order valence-electron chi connectivity index (χ2n) is 4.98. The number of hydrogen-bond donors (Lipinski definition) is 2. The number of carbonyl (C=O) groups excluding carboxylic acids is 2. The monoisotopic (exact) mass is 313 g/mol. The van der Waals surface area contributed by atoms with Crippen LogP contribution in [0.15, 0.2) is 42.4 Å². The smallest absolute Gasteiger partial charge is 0.277 e. The number of β-amino-alcohol motifs (C(OH)–C–C–N with tert-alkyl or cyclic N) is 1. The number of anilines is 1. The zero-order valence-corrected chi connectivity index (χ0v) is 12.4. The van der Waals surface area contributed by atoms with E-state index in [4.69, 9.17) is 5.11 Å². The van der Waals surface area contributed by atoms with Crippen LogP contribution in [0.5, 0.6) is 0 Å². The number of aliphatic hydroxyl groups is 1. The van der Waals surface area contributed by atoms with Crippen LogP contribution >= 0.6 is 0 Å². The van der Waals surface area contributed by atoms with Gasteiger partial charge in [-0.15, -0.1) is 0 Å². The molecule has 2 N–H and O–H groups in total. The van der Waals surface area contributed by atoms with Gasteiger partial charge in [0.05, 0.1) is 18.8 Å². The van der Waals surface area contributed by atoms with Crippen LogP contribution in [0, 0.1) is 6.92 Å². The van der Waals surface area contributed by atoms with Crippen LogP contribution < -0.4 is 5.32 Å². The molecule has 1 aromatic heterocycles. The Kier molecular flexibility index (Phi) is 3.90. The van der Waals surface area contributed by atoms with Gasteiger partial charge in [0.2, 0.25) is 0 Å². The SMILES string of the molecule is Cc1ncn(-c2ccc(NC3=CC(=O)N(CCO)C3=O)cc2)n1. The number of imide groups is 1. The maximum Gasteiger partial charge on any atom is 0.277 e. The van der Waals surface area contributed by atoms with Gasteiger partial charge in [-0.25, -0.2) is 9.67 Å². The number of hydrogen-bond acceptors (Lipinski definition) is 6. The molecule has 0 unspecified atom stereocenters. The molecular weight excluding hydrogens is 298 g/mol. The van der Waals surface area contributed by atoms with Crippen molar-refractivity contribution in [3.63, 3.8) is 0 Å². The van der Waals surface area contributed by atoms with Crippen molar-refractivity contribution in [2.45, 2.75) is 6.92 Å². The summed E-state index contributed by atoms with van der Waals surface area (Å²) in [6.07, 6.45) is 2.85. The molecule has 3 rings (SSSR count). The average molecular weight is 313 g/mol. The van der Waals surface area contributed by atoms with E-state index in [9.17, 15) is 9.59 Å². The normalized spacial score (nSPS) is 14.3. The number of aryl methyl sites for hydroxylation is 1. The Morgan fingerprint density at radius 3 is 2.57 bits per heavy atom. The number of aromatic nitrogens is 3. The molecular formula is C15H15N5O3. The Bertz CT molecular complexity index is 779. The molecule has 0 aliphatic carbocycles. The minimum atomic E-state index is -0.444. The number of aliphatic hydroxyl groups excluding tert-OH is 1. The van der Waals surface area contributed by atoms with Gasteiger partial charge in [-0.2, -0.15) is 5.10 Å². The second kappa shape index (κ2) is 6.01. The highest BCUT2D eigenvalue weighted by atomic mass is 16.3. The molecule has 1 aromatic carbocycles. The number of benzene rings is 1. The van der Waals surface area contributed by atoms with Crippen molar-refractivity contribution in [1.29, 1.82) is 0 Å². The molecule has 2 amide bonds. The van der Waals surface area contributed by atoms with Gasteiger partial charge in [-0.3, -0.25) is 14.5 Å². The van der Waals surface area contributed by atoms with E-state index in [2.05, 4.69) is 15.4 Å². The first-order valence-electron chi connectivity index (χ1n) is 7.02. The molecule has 1 aliphatic rings. The summed E-state index contributed by atoms with van der Waals surface area (Å²) in [6.45, 7) is 1.54. The number of nitrogens with one attached hydrogen (secondary N) is 1. The summed E-state index contributed by atoms with van der Waals surface area (Å²) in [5.74, 6) is -0.197. The Morgan fingerprint density at radius 1 is 1.22 bits per heavy atom. The molecule has 8 heteroatoms. The van der Waals surface area contributed by atoms with E-state index < -0.39 is 11.8 Å². The van der Waals surface area contributed by atoms with Crippen molar-refractivity contribution in [2.24, 2.45) is 0 Å². The van der Waals surface area contributed by atoms with E-state index in [-0.39, 0.29) is 18.8 Å². The summed E-state index contributed by atoms with van der Waals surface area (Å²) >= 11 is 0. The Labute approximate surface area is 132 Å². The van der Waals surface area contributed by atoms with E-state index in [1.807, 2.05) is 12.1 Å². The number of carbonyl (C=O) groups is 2. The number of amides is 2. The molecule has 0 spiro atoms. The molecule has 23 heavy (non-hydrogen) atoms. The third-order valence-electron chi connectivity index (χ3n) is 3.35. The summed E-state index contributed by atoms with van der Waals surface area (Å²) < 4.78 is 1.64. The molecule has 118 valence electrons. The minimum Gasteiger partial charge on any atom is -0.395 e. The Morgan fingerprint density at radius 2 is 1.96 bits per heavy atom. The third kappa shape index (κ3) is 2.97. The van der Waals surface area contributed by atoms with Crippen LogP contribution in [0.3, 0.4) is 0 Å². The van der Waals surface area contributed by atoms with Crippen molar-refractivity contribution in [3.05, 3.63) is 48.2 Å². The summed E-state index contributed by atoms with van der Waals surface area (Å²) in [7, 11) is 0. The third-order valence-corrected chi connectivity index (χ3v) is 3.35. The van der Waals surface area contributed by atoms with E-state index in [1.165, 1.54) is 6.08 Å². The van der Waals surface area contributed by atoms with Gasteiger partial charge in [-0.1, -0.05) is 0 Å². The fourth-order valence-corrected chi connectivity index (χ4v) is 2.23. The molecule has 0 saturated carbocycles. The highest BCUT2D eigenvalue weighted by molar-refractivity contribution is 6.17. The summed E-state index contributed by atoms with van der Waals surface area (Å²) in [5.41, 5.74) is 1.69. The van der Waals surface area contributed by atoms with E-state index in [1.54, 1.807) is 30.1 Å².